The molecule has 4 bridgehead atoms. The standard InChI is InChI=1S/C32H40N4O6/c37-30-21-41-27-14-24(13-26(15-27)40-20-23-5-6-23)32(39)34-28-17-36(31(38)19-35-11-3-1-2-4-12-35)18-29(28)42-25-9-7-22(8-10-25)16-33-30/h7-10,13-15,23,28-29H,1-6,11-12,16-21H2,(H,33,37)(H,34,39)/t28-,29-/m0/s1. The van der Waals surface area contributed by atoms with Gasteiger partial charge in [0.25, 0.3) is 11.8 Å². The first kappa shape index (κ1) is 28.3. The highest BCUT2D eigenvalue weighted by molar-refractivity contribution is 5.95. The van der Waals surface area contributed by atoms with Gasteiger partial charge in [-0.05, 0) is 74.5 Å². The van der Waals surface area contributed by atoms with Crippen molar-refractivity contribution in [2.24, 2.45) is 5.92 Å². The molecule has 42 heavy (non-hydrogen) atoms. The molecule has 2 aromatic carbocycles. The van der Waals surface area contributed by atoms with Crippen LogP contribution in [0.4, 0.5) is 0 Å². The second-order valence-electron chi connectivity index (χ2n) is 11.9. The van der Waals surface area contributed by atoms with Gasteiger partial charge in [0.15, 0.2) is 6.61 Å². The van der Waals surface area contributed by atoms with Crippen LogP contribution >= 0.6 is 0 Å². The van der Waals surface area contributed by atoms with Crippen LogP contribution in [0.15, 0.2) is 42.5 Å². The molecule has 0 unspecified atom stereocenters. The maximum Gasteiger partial charge on any atom is 0.258 e. The van der Waals surface area contributed by atoms with E-state index in [-0.39, 0.29) is 24.3 Å². The quantitative estimate of drug-likeness (QED) is 0.564. The summed E-state index contributed by atoms with van der Waals surface area (Å²) in [6, 6.07) is 12.1. The molecule has 0 spiro atoms. The van der Waals surface area contributed by atoms with Gasteiger partial charge in [-0.15, -0.1) is 0 Å². The predicted octanol–water partition coefficient (Wildman–Crippen LogP) is 2.75. The first-order valence-electron chi connectivity index (χ1n) is 15.2. The lowest BCUT2D eigenvalue weighted by atomic mass is 10.1. The molecule has 2 atom stereocenters. The van der Waals surface area contributed by atoms with Crippen molar-refractivity contribution in [3.63, 3.8) is 0 Å². The van der Waals surface area contributed by atoms with Crippen LogP contribution in [0.2, 0.25) is 0 Å². The highest BCUT2D eigenvalue weighted by Gasteiger charge is 2.38. The Labute approximate surface area is 246 Å². The van der Waals surface area contributed by atoms with Gasteiger partial charge in [0, 0.05) is 24.7 Å². The molecule has 3 amide bonds. The maximum atomic E-state index is 13.6. The van der Waals surface area contributed by atoms with E-state index in [4.69, 9.17) is 14.2 Å². The van der Waals surface area contributed by atoms with E-state index in [1.165, 1.54) is 12.8 Å². The normalized spacial score (nSPS) is 23.5. The van der Waals surface area contributed by atoms with Gasteiger partial charge in [-0.2, -0.15) is 0 Å². The molecule has 10 nitrogen and oxygen atoms in total. The summed E-state index contributed by atoms with van der Waals surface area (Å²) in [5, 5.41) is 5.98. The molecule has 4 heterocycles. The van der Waals surface area contributed by atoms with Crippen molar-refractivity contribution < 1.29 is 28.6 Å². The largest absolute Gasteiger partial charge is 0.493 e. The number of fused-ring (bicyclic) bond motifs is 7. The number of rotatable bonds is 5. The van der Waals surface area contributed by atoms with Gasteiger partial charge in [0.05, 0.1) is 25.7 Å². The molecule has 2 saturated heterocycles. The number of hydrogen-bond acceptors (Lipinski definition) is 7. The van der Waals surface area contributed by atoms with Crippen LogP contribution in [-0.4, -0.2) is 85.6 Å². The number of carbonyl (C=O) groups excluding carboxylic acids is 3. The smallest absolute Gasteiger partial charge is 0.258 e. The molecule has 4 aliphatic heterocycles. The molecule has 0 radical (unpaired) electrons. The van der Waals surface area contributed by atoms with Crippen molar-refractivity contribution in [1.82, 2.24) is 20.4 Å². The van der Waals surface area contributed by atoms with Crippen molar-refractivity contribution in [3.05, 3.63) is 53.6 Å². The fourth-order valence-corrected chi connectivity index (χ4v) is 5.70. The molecule has 2 N–H and O–H groups in total. The summed E-state index contributed by atoms with van der Waals surface area (Å²) in [5.41, 5.74) is 1.28. The Morgan fingerprint density at radius 2 is 1.74 bits per heavy atom. The number of ether oxygens (including phenoxy) is 3. The fourth-order valence-electron chi connectivity index (χ4n) is 5.70. The lowest BCUT2D eigenvalue weighted by Gasteiger charge is -2.23. The van der Waals surface area contributed by atoms with Crippen LogP contribution in [0.1, 0.15) is 54.4 Å². The molecule has 5 aliphatic rings. The third kappa shape index (κ3) is 7.53. The van der Waals surface area contributed by atoms with Gasteiger partial charge in [-0.3, -0.25) is 19.3 Å². The minimum absolute atomic E-state index is 0.0571. The van der Waals surface area contributed by atoms with E-state index in [1.54, 1.807) is 18.2 Å². The molecule has 224 valence electrons. The van der Waals surface area contributed by atoms with Gasteiger partial charge in [-0.1, -0.05) is 25.0 Å². The number of likely N-dealkylation sites (tertiary alicyclic amines) is 2. The first-order chi connectivity index (χ1) is 20.5. The zero-order valence-electron chi connectivity index (χ0n) is 24.0. The van der Waals surface area contributed by atoms with Crippen LogP contribution in [0, 0.1) is 5.92 Å². The minimum Gasteiger partial charge on any atom is -0.493 e. The third-order valence-corrected chi connectivity index (χ3v) is 8.39. The molecular weight excluding hydrogens is 536 g/mol. The van der Waals surface area contributed by atoms with Crippen molar-refractivity contribution in [3.8, 4) is 17.2 Å². The third-order valence-electron chi connectivity index (χ3n) is 8.39. The summed E-state index contributed by atoms with van der Waals surface area (Å²) in [7, 11) is 0. The Kier molecular flexibility index (Phi) is 8.79. The van der Waals surface area contributed by atoms with Gasteiger partial charge < -0.3 is 29.7 Å². The van der Waals surface area contributed by atoms with E-state index >= 15 is 0 Å². The van der Waals surface area contributed by atoms with Crippen molar-refractivity contribution >= 4 is 17.7 Å². The number of nitrogens with one attached hydrogen (secondary N) is 2. The van der Waals surface area contributed by atoms with E-state index in [1.807, 2.05) is 29.2 Å². The van der Waals surface area contributed by atoms with E-state index in [0.29, 0.717) is 61.5 Å². The van der Waals surface area contributed by atoms with Crippen LogP contribution < -0.4 is 24.8 Å². The number of benzene rings is 2. The summed E-state index contributed by atoms with van der Waals surface area (Å²) < 4.78 is 18.1. The summed E-state index contributed by atoms with van der Waals surface area (Å²) >= 11 is 0. The summed E-state index contributed by atoms with van der Waals surface area (Å²) in [6.07, 6.45) is 6.52. The topological polar surface area (TPSA) is 109 Å². The maximum absolute atomic E-state index is 13.6. The lowest BCUT2D eigenvalue weighted by molar-refractivity contribution is -0.131. The highest BCUT2D eigenvalue weighted by Crippen LogP contribution is 2.31. The summed E-state index contributed by atoms with van der Waals surface area (Å²) in [4.78, 5) is 43.5. The van der Waals surface area contributed by atoms with Crippen molar-refractivity contribution in [2.45, 2.75) is 57.2 Å². The molecule has 3 fully saturated rings. The zero-order valence-corrected chi connectivity index (χ0v) is 24.0. The first-order valence-corrected chi connectivity index (χ1v) is 15.2. The van der Waals surface area contributed by atoms with Gasteiger partial charge in [-0.25, -0.2) is 0 Å². The molecular formula is C32H40N4O6. The van der Waals surface area contributed by atoms with E-state index in [9.17, 15) is 14.4 Å². The molecule has 1 saturated carbocycles. The fraction of sp³-hybridized carbons (Fsp3) is 0.531. The average molecular weight is 577 g/mol. The molecule has 7 rings (SSSR count). The minimum atomic E-state index is -0.423. The predicted molar refractivity (Wildman–Crippen MR) is 156 cm³/mol. The molecule has 0 aromatic heterocycles. The second-order valence-corrected chi connectivity index (χ2v) is 11.9. The Balaban J connectivity index is 1.23. The molecule has 2 aromatic rings. The number of amides is 3. The summed E-state index contributed by atoms with van der Waals surface area (Å²) in [6.45, 7) is 3.75. The number of nitrogens with zero attached hydrogens (tertiary/aromatic N) is 2. The Hall–Kier alpha value is -3.79. The molecule has 10 heteroatoms. The van der Waals surface area contributed by atoms with E-state index in [2.05, 4.69) is 15.5 Å². The van der Waals surface area contributed by atoms with E-state index in [0.717, 1.165) is 44.3 Å². The monoisotopic (exact) mass is 576 g/mol. The van der Waals surface area contributed by atoms with Crippen LogP contribution in [0.25, 0.3) is 0 Å². The van der Waals surface area contributed by atoms with Crippen molar-refractivity contribution in [2.75, 3.05) is 45.9 Å². The van der Waals surface area contributed by atoms with Crippen LogP contribution in [0.3, 0.4) is 0 Å². The van der Waals surface area contributed by atoms with Gasteiger partial charge in [0.2, 0.25) is 5.91 Å². The Bertz CT molecular complexity index is 1270. The number of carbonyl (C=O) groups is 3. The van der Waals surface area contributed by atoms with Crippen LogP contribution in [0.5, 0.6) is 17.2 Å². The SMILES string of the molecule is O=C1COc2cc(OCC3CC3)cc(c2)C(=O)N[C@H]2CN(C(=O)CN3CCCCCC3)C[C@@H]2Oc2ccc(cc2)CN1. The number of hydrogen-bond donors (Lipinski definition) is 2. The highest BCUT2D eigenvalue weighted by atomic mass is 16.5. The van der Waals surface area contributed by atoms with Crippen molar-refractivity contribution in [1.29, 1.82) is 0 Å². The van der Waals surface area contributed by atoms with Crippen LogP contribution in [-0.2, 0) is 16.1 Å². The van der Waals surface area contributed by atoms with E-state index < -0.39 is 12.1 Å². The Morgan fingerprint density at radius 1 is 0.952 bits per heavy atom. The lowest BCUT2D eigenvalue weighted by Crippen LogP contribution is -2.45. The van der Waals surface area contributed by atoms with Gasteiger partial charge >= 0.3 is 0 Å². The molecule has 1 aliphatic carbocycles. The zero-order chi connectivity index (χ0) is 28.9. The average Bonchev–Trinajstić information content (AvgIpc) is 3.79. The second kappa shape index (κ2) is 13.0. The summed E-state index contributed by atoms with van der Waals surface area (Å²) in [5.74, 6) is 1.55. The Morgan fingerprint density at radius 3 is 2.50 bits per heavy atom. The van der Waals surface area contributed by atoms with Gasteiger partial charge in [0.1, 0.15) is 23.4 Å².